The number of rotatable bonds is 3. The topological polar surface area (TPSA) is 70.7 Å². The molecule has 6 heteroatoms. The first-order chi connectivity index (χ1) is 17.0. The van der Waals surface area contributed by atoms with Crippen molar-refractivity contribution in [3.63, 3.8) is 0 Å². The van der Waals surface area contributed by atoms with Gasteiger partial charge in [0.1, 0.15) is 11.3 Å². The van der Waals surface area contributed by atoms with E-state index in [2.05, 4.69) is 21.9 Å². The molecule has 2 saturated heterocycles. The SMILES string of the molecule is O=C(c1ccc[n+]([O-])c1)N1C[C@H]2C[C@@]34CC[C@@H]1[C@@H]2[C@@]31CCN(CC2CC2)[C@@H]4Cc2ccc(O)cc21. The van der Waals surface area contributed by atoms with Crippen molar-refractivity contribution in [1.29, 1.82) is 0 Å². The number of likely N-dealkylation sites (tertiary alicyclic amines) is 2. The summed E-state index contributed by atoms with van der Waals surface area (Å²) in [6, 6.07) is 10.4. The van der Waals surface area contributed by atoms with Crippen LogP contribution in [0.5, 0.6) is 5.75 Å². The Kier molecular flexibility index (Phi) is 3.99. The first-order valence-corrected chi connectivity index (χ1v) is 13.6. The lowest BCUT2D eigenvalue weighted by Gasteiger charge is -2.66. The van der Waals surface area contributed by atoms with Gasteiger partial charge < -0.3 is 15.2 Å². The maximum absolute atomic E-state index is 13.7. The summed E-state index contributed by atoms with van der Waals surface area (Å²) in [5, 5.41) is 22.5. The molecule has 1 aromatic heterocycles. The lowest BCUT2D eigenvalue weighted by Crippen LogP contribution is -2.69. The van der Waals surface area contributed by atoms with Crippen molar-refractivity contribution in [3.05, 3.63) is 64.6 Å². The van der Waals surface area contributed by atoms with Crippen LogP contribution in [0, 0.1) is 28.4 Å². The largest absolute Gasteiger partial charge is 0.619 e. The monoisotopic (exact) mass is 471 g/mol. The second-order valence-electron chi connectivity index (χ2n) is 12.4. The van der Waals surface area contributed by atoms with Gasteiger partial charge in [0.2, 0.25) is 0 Å². The van der Waals surface area contributed by atoms with Gasteiger partial charge in [0, 0.05) is 36.7 Å². The Morgan fingerprint density at radius 3 is 2.91 bits per heavy atom. The Balaban J connectivity index is 1.24. The number of pyridine rings is 1. The minimum absolute atomic E-state index is 0.00756. The average molecular weight is 472 g/mol. The molecule has 0 radical (unpaired) electrons. The van der Waals surface area contributed by atoms with Gasteiger partial charge in [0.05, 0.1) is 0 Å². The van der Waals surface area contributed by atoms with E-state index in [1.54, 1.807) is 12.1 Å². The molecule has 0 spiro atoms. The van der Waals surface area contributed by atoms with Crippen LogP contribution in [0.25, 0.3) is 0 Å². The molecule has 0 unspecified atom stereocenters. The van der Waals surface area contributed by atoms with Gasteiger partial charge in [-0.1, -0.05) is 6.07 Å². The smallest absolute Gasteiger partial charge is 0.260 e. The number of benzene rings is 1. The number of carbonyl (C=O) groups excluding carboxylic acids is 1. The number of fused-ring (bicyclic) bond motifs is 1. The zero-order valence-electron chi connectivity index (χ0n) is 20.1. The Morgan fingerprint density at radius 1 is 1.20 bits per heavy atom. The van der Waals surface area contributed by atoms with Crippen molar-refractivity contribution in [2.75, 3.05) is 19.6 Å². The first kappa shape index (κ1) is 20.6. The third-order valence-electron chi connectivity index (χ3n) is 11.1. The van der Waals surface area contributed by atoms with E-state index < -0.39 is 0 Å². The fourth-order valence-corrected chi connectivity index (χ4v) is 9.92. The van der Waals surface area contributed by atoms with E-state index in [1.807, 2.05) is 6.07 Å². The summed E-state index contributed by atoms with van der Waals surface area (Å²) in [5.41, 5.74) is 3.61. The molecule has 4 aliphatic carbocycles. The van der Waals surface area contributed by atoms with Gasteiger partial charge in [0.15, 0.2) is 12.4 Å². The third kappa shape index (κ3) is 2.54. The third-order valence-corrected chi connectivity index (χ3v) is 11.1. The van der Waals surface area contributed by atoms with Crippen LogP contribution in [0.15, 0.2) is 42.7 Å². The number of aromatic hydroxyl groups is 1. The molecule has 2 aromatic rings. The highest BCUT2D eigenvalue weighted by Gasteiger charge is 2.76. The van der Waals surface area contributed by atoms with Crippen molar-refractivity contribution in [2.24, 2.45) is 23.2 Å². The van der Waals surface area contributed by atoms with Crippen molar-refractivity contribution >= 4 is 5.91 Å². The van der Waals surface area contributed by atoms with Crippen LogP contribution in [0.4, 0.5) is 0 Å². The van der Waals surface area contributed by atoms with Gasteiger partial charge >= 0.3 is 0 Å². The van der Waals surface area contributed by atoms with Gasteiger partial charge in [-0.15, -0.1) is 0 Å². The Bertz CT molecular complexity index is 1240. The van der Waals surface area contributed by atoms with E-state index >= 15 is 0 Å². The maximum Gasteiger partial charge on any atom is 0.260 e. The number of hydrogen-bond acceptors (Lipinski definition) is 4. The Hall–Kier alpha value is -2.60. The van der Waals surface area contributed by atoms with Crippen LogP contribution < -0.4 is 4.73 Å². The molecule has 6 atom stereocenters. The molecule has 1 aromatic carbocycles. The highest BCUT2D eigenvalue weighted by Crippen LogP contribution is 2.75. The normalized spacial score (nSPS) is 38.8. The molecule has 5 fully saturated rings. The number of amides is 1. The van der Waals surface area contributed by atoms with Crippen LogP contribution in [0.2, 0.25) is 0 Å². The molecule has 3 saturated carbocycles. The summed E-state index contributed by atoms with van der Waals surface area (Å²) < 4.78 is 0.731. The molecule has 4 bridgehead atoms. The summed E-state index contributed by atoms with van der Waals surface area (Å²) in [7, 11) is 0. The van der Waals surface area contributed by atoms with Gasteiger partial charge in [-0.3, -0.25) is 9.69 Å². The molecule has 3 heterocycles. The molecular weight excluding hydrogens is 438 g/mol. The highest BCUT2D eigenvalue weighted by molar-refractivity contribution is 5.94. The van der Waals surface area contributed by atoms with Crippen LogP contribution in [0.1, 0.15) is 60.0 Å². The van der Waals surface area contributed by atoms with Crippen molar-refractivity contribution in [1.82, 2.24) is 9.80 Å². The second kappa shape index (κ2) is 6.78. The van der Waals surface area contributed by atoms with Crippen molar-refractivity contribution < 1.29 is 14.6 Å². The van der Waals surface area contributed by atoms with Crippen LogP contribution in [-0.2, 0) is 11.8 Å². The number of nitrogens with zero attached hydrogens (tertiary/aromatic N) is 3. The fourth-order valence-electron chi connectivity index (χ4n) is 9.92. The lowest BCUT2D eigenvalue weighted by atomic mass is 9.43. The quantitative estimate of drug-likeness (QED) is 0.551. The number of carbonyl (C=O) groups is 1. The molecule has 6 nitrogen and oxygen atoms in total. The molecule has 35 heavy (non-hydrogen) atoms. The van der Waals surface area contributed by atoms with Gasteiger partial charge in [-0.25, -0.2) is 0 Å². The second-order valence-corrected chi connectivity index (χ2v) is 12.4. The Morgan fingerprint density at radius 2 is 2.09 bits per heavy atom. The van der Waals surface area contributed by atoms with Crippen molar-refractivity contribution in [3.8, 4) is 5.75 Å². The van der Waals surface area contributed by atoms with Gasteiger partial charge in [-0.05, 0) is 104 Å². The summed E-state index contributed by atoms with van der Waals surface area (Å²) in [5.74, 6) is 2.20. The molecule has 182 valence electrons. The zero-order valence-corrected chi connectivity index (χ0v) is 20.1. The first-order valence-electron chi connectivity index (χ1n) is 13.6. The van der Waals surface area contributed by atoms with Gasteiger partial charge in [-0.2, -0.15) is 4.73 Å². The highest BCUT2D eigenvalue weighted by atomic mass is 16.5. The number of aromatic nitrogens is 1. The number of phenolic OH excluding ortho intramolecular Hbond substituents is 1. The van der Waals surface area contributed by atoms with Crippen molar-refractivity contribution in [2.45, 2.75) is 62.4 Å². The predicted molar refractivity (Wildman–Crippen MR) is 130 cm³/mol. The lowest BCUT2D eigenvalue weighted by molar-refractivity contribution is -0.605. The summed E-state index contributed by atoms with van der Waals surface area (Å²) in [6.45, 7) is 3.19. The van der Waals surface area contributed by atoms with E-state index in [1.165, 1.54) is 49.3 Å². The molecule has 6 aliphatic rings. The molecule has 2 aliphatic heterocycles. The molecule has 1 amide bonds. The summed E-state index contributed by atoms with van der Waals surface area (Å²) in [6.07, 6.45) is 11.3. The van der Waals surface area contributed by atoms with E-state index in [0.717, 1.165) is 49.4 Å². The average Bonchev–Trinajstić information content (AvgIpc) is 3.54. The maximum atomic E-state index is 13.7. The Labute approximate surface area is 206 Å². The van der Waals surface area contributed by atoms with E-state index in [-0.39, 0.29) is 22.8 Å². The van der Waals surface area contributed by atoms with Gasteiger partial charge in [0.25, 0.3) is 5.91 Å². The van der Waals surface area contributed by atoms with E-state index in [4.69, 9.17) is 0 Å². The van der Waals surface area contributed by atoms with E-state index in [0.29, 0.717) is 29.2 Å². The van der Waals surface area contributed by atoms with E-state index in [9.17, 15) is 15.1 Å². The summed E-state index contributed by atoms with van der Waals surface area (Å²) >= 11 is 0. The number of phenols is 1. The zero-order chi connectivity index (χ0) is 23.5. The molecule has 8 rings (SSSR count). The number of piperidine rings is 1. The van der Waals surface area contributed by atoms with Crippen LogP contribution in [-0.4, -0.2) is 52.5 Å². The minimum atomic E-state index is 0.00756. The minimum Gasteiger partial charge on any atom is -0.619 e. The fraction of sp³-hybridized carbons (Fsp3) is 0.586. The molecular formula is C29H33N3O3. The van der Waals surface area contributed by atoms with Crippen LogP contribution >= 0.6 is 0 Å². The standard InChI is InChI=1S/C29H33N3O3/c33-22-6-5-19-12-25-28-8-7-24-26(29(28,23(19)13-22)9-11-30(25)15-18-3-4-18)21(14-28)17-32(24)27(34)20-2-1-10-31(35)16-20/h1-2,5-6,10,13,16,18,21,24-26,33H,3-4,7-9,11-12,14-15,17H2/t21-,24-,25-,26-,28-,29+/m1/s1. The molecule has 1 N–H and O–H groups in total. The number of hydrogen-bond donors (Lipinski definition) is 1. The summed E-state index contributed by atoms with van der Waals surface area (Å²) in [4.78, 5) is 18.6. The predicted octanol–water partition coefficient (Wildman–Crippen LogP) is 3.24. The van der Waals surface area contributed by atoms with Crippen LogP contribution in [0.3, 0.4) is 0 Å².